The van der Waals surface area contributed by atoms with Gasteiger partial charge in [-0.1, -0.05) is 6.07 Å². The predicted octanol–water partition coefficient (Wildman–Crippen LogP) is -0.409. The molecule has 2 amide bonds. The number of nitrogens with one attached hydrogen (secondary N) is 1. The van der Waals surface area contributed by atoms with Gasteiger partial charge in [0.05, 0.1) is 26.9 Å². The van der Waals surface area contributed by atoms with E-state index in [-0.39, 0.29) is 19.1 Å². The SMILES string of the molecule is COc1cc(CNC(=O)C2COCCO2)ccc1OCC(N)=O. The Balaban J connectivity index is 1.92. The van der Waals surface area contributed by atoms with Crippen LogP contribution in [-0.4, -0.2) is 51.5 Å². The number of hydrogen-bond acceptors (Lipinski definition) is 6. The number of benzene rings is 1. The third-order valence-electron chi connectivity index (χ3n) is 3.17. The molecule has 1 aromatic rings. The zero-order valence-electron chi connectivity index (χ0n) is 12.9. The second-order valence-electron chi connectivity index (χ2n) is 4.89. The summed E-state index contributed by atoms with van der Waals surface area (Å²) >= 11 is 0. The summed E-state index contributed by atoms with van der Waals surface area (Å²) < 4.78 is 21.0. The summed E-state index contributed by atoms with van der Waals surface area (Å²) in [5.41, 5.74) is 5.86. The summed E-state index contributed by atoms with van der Waals surface area (Å²) in [6.45, 7) is 1.26. The van der Waals surface area contributed by atoms with E-state index in [4.69, 9.17) is 24.7 Å². The van der Waals surface area contributed by atoms with E-state index < -0.39 is 12.0 Å². The molecular formula is C15H20N2O6. The minimum absolute atomic E-state index is 0.224. The molecule has 0 aliphatic carbocycles. The van der Waals surface area contributed by atoms with Crippen molar-refractivity contribution in [2.75, 3.05) is 33.5 Å². The standard InChI is InChI=1S/C15H20N2O6/c1-20-12-6-10(2-3-11(12)23-9-14(16)18)7-17-15(19)13-8-21-4-5-22-13/h2-3,6,13H,4-5,7-9H2,1H3,(H2,16,18)(H,17,19). The van der Waals surface area contributed by atoms with Crippen LogP contribution in [0.4, 0.5) is 0 Å². The van der Waals surface area contributed by atoms with Gasteiger partial charge in [-0.05, 0) is 17.7 Å². The molecule has 1 aliphatic rings. The fourth-order valence-electron chi connectivity index (χ4n) is 2.03. The van der Waals surface area contributed by atoms with Crippen LogP contribution in [0.1, 0.15) is 5.56 Å². The van der Waals surface area contributed by atoms with Crippen molar-refractivity contribution >= 4 is 11.8 Å². The molecule has 0 bridgehead atoms. The van der Waals surface area contributed by atoms with Gasteiger partial charge < -0.3 is 30.0 Å². The van der Waals surface area contributed by atoms with Crippen LogP contribution in [0.2, 0.25) is 0 Å². The first kappa shape index (κ1) is 17.0. The van der Waals surface area contributed by atoms with E-state index in [9.17, 15) is 9.59 Å². The molecule has 1 aromatic carbocycles. The van der Waals surface area contributed by atoms with Crippen LogP contribution in [-0.2, 0) is 25.6 Å². The number of amides is 2. The van der Waals surface area contributed by atoms with Crippen LogP contribution >= 0.6 is 0 Å². The Kier molecular flexibility index (Phi) is 6.19. The second kappa shape index (κ2) is 8.35. The van der Waals surface area contributed by atoms with Gasteiger partial charge in [0.25, 0.3) is 11.8 Å². The molecule has 1 atom stereocenters. The molecule has 0 radical (unpaired) electrons. The molecule has 23 heavy (non-hydrogen) atoms. The second-order valence-corrected chi connectivity index (χ2v) is 4.89. The lowest BCUT2D eigenvalue weighted by Crippen LogP contribution is -2.42. The van der Waals surface area contributed by atoms with Gasteiger partial charge in [-0.25, -0.2) is 0 Å². The van der Waals surface area contributed by atoms with E-state index >= 15 is 0 Å². The maximum Gasteiger partial charge on any atom is 0.255 e. The summed E-state index contributed by atoms with van der Waals surface area (Å²) in [4.78, 5) is 22.7. The average molecular weight is 324 g/mol. The molecule has 126 valence electrons. The van der Waals surface area contributed by atoms with E-state index in [0.717, 1.165) is 5.56 Å². The average Bonchev–Trinajstić information content (AvgIpc) is 2.58. The van der Waals surface area contributed by atoms with Crippen LogP contribution in [0.3, 0.4) is 0 Å². The van der Waals surface area contributed by atoms with Crippen molar-refractivity contribution in [3.8, 4) is 11.5 Å². The monoisotopic (exact) mass is 324 g/mol. The Labute approximate surface area is 133 Å². The molecule has 8 heteroatoms. The first-order valence-corrected chi connectivity index (χ1v) is 7.15. The van der Waals surface area contributed by atoms with E-state index in [1.807, 2.05) is 0 Å². The van der Waals surface area contributed by atoms with Crippen LogP contribution in [0.5, 0.6) is 11.5 Å². The molecule has 1 heterocycles. The first-order chi connectivity index (χ1) is 11.1. The van der Waals surface area contributed by atoms with E-state index in [1.165, 1.54) is 7.11 Å². The highest BCUT2D eigenvalue weighted by atomic mass is 16.6. The molecule has 1 fully saturated rings. The smallest absolute Gasteiger partial charge is 0.255 e. The van der Waals surface area contributed by atoms with Gasteiger partial charge in [-0.2, -0.15) is 0 Å². The largest absolute Gasteiger partial charge is 0.493 e. The van der Waals surface area contributed by atoms with Crippen LogP contribution < -0.4 is 20.5 Å². The molecule has 0 aromatic heterocycles. The molecule has 0 spiro atoms. The van der Waals surface area contributed by atoms with Gasteiger partial charge in [-0.3, -0.25) is 9.59 Å². The van der Waals surface area contributed by atoms with Gasteiger partial charge in [0.1, 0.15) is 0 Å². The molecule has 8 nitrogen and oxygen atoms in total. The van der Waals surface area contributed by atoms with Crippen LogP contribution in [0.25, 0.3) is 0 Å². The van der Waals surface area contributed by atoms with Crippen LogP contribution in [0, 0.1) is 0 Å². The number of carbonyl (C=O) groups excluding carboxylic acids is 2. The summed E-state index contributed by atoms with van der Waals surface area (Å²) in [5.74, 6) is 0.0662. The lowest BCUT2D eigenvalue weighted by Gasteiger charge is -2.22. The highest BCUT2D eigenvalue weighted by Gasteiger charge is 2.22. The maximum atomic E-state index is 11.9. The predicted molar refractivity (Wildman–Crippen MR) is 80.1 cm³/mol. The Bertz CT molecular complexity index is 557. The Morgan fingerprint density at radius 2 is 2.17 bits per heavy atom. The van der Waals surface area contributed by atoms with Gasteiger partial charge in [0.15, 0.2) is 24.2 Å². The molecule has 1 saturated heterocycles. The third-order valence-corrected chi connectivity index (χ3v) is 3.17. The number of hydrogen-bond donors (Lipinski definition) is 2. The fraction of sp³-hybridized carbons (Fsp3) is 0.467. The number of ether oxygens (including phenoxy) is 4. The van der Waals surface area contributed by atoms with Gasteiger partial charge >= 0.3 is 0 Å². The zero-order valence-corrected chi connectivity index (χ0v) is 12.9. The van der Waals surface area contributed by atoms with Crippen molar-refractivity contribution < 1.29 is 28.5 Å². The third kappa shape index (κ3) is 5.11. The maximum absolute atomic E-state index is 11.9. The van der Waals surface area contributed by atoms with Gasteiger partial charge in [0.2, 0.25) is 0 Å². The fourth-order valence-corrected chi connectivity index (χ4v) is 2.03. The number of rotatable bonds is 7. The minimum atomic E-state index is -0.580. The number of methoxy groups -OCH3 is 1. The Hall–Kier alpha value is -2.32. The zero-order chi connectivity index (χ0) is 16.7. The summed E-state index contributed by atoms with van der Waals surface area (Å²) in [6.07, 6.45) is -0.580. The van der Waals surface area contributed by atoms with Crippen molar-refractivity contribution in [2.24, 2.45) is 5.73 Å². The molecule has 3 N–H and O–H groups in total. The van der Waals surface area contributed by atoms with Gasteiger partial charge in [0, 0.05) is 6.54 Å². The summed E-state index contributed by atoms with van der Waals surface area (Å²) in [6, 6.07) is 5.13. The van der Waals surface area contributed by atoms with Crippen LogP contribution in [0.15, 0.2) is 18.2 Å². The van der Waals surface area contributed by atoms with Crippen molar-refractivity contribution in [1.29, 1.82) is 0 Å². The lowest BCUT2D eigenvalue weighted by atomic mass is 10.2. The molecular weight excluding hydrogens is 304 g/mol. The van der Waals surface area contributed by atoms with Crippen molar-refractivity contribution in [1.82, 2.24) is 5.32 Å². The molecule has 1 aliphatic heterocycles. The van der Waals surface area contributed by atoms with Gasteiger partial charge in [-0.15, -0.1) is 0 Å². The minimum Gasteiger partial charge on any atom is -0.493 e. The van der Waals surface area contributed by atoms with E-state index in [0.29, 0.717) is 31.3 Å². The molecule has 0 saturated carbocycles. The van der Waals surface area contributed by atoms with Crippen molar-refractivity contribution in [3.63, 3.8) is 0 Å². The first-order valence-electron chi connectivity index (χ1n) is 7.15. The van der Waals surface area contributed by atoms with E-state index in [2.05, 4.69) is 5.32 Å². The molecule has 2 rings (SSSR count). The normalized spacial score (nSPS) is 17.3. The number of nitrogens with two attached hydrogens (primary N) is 1. The summed E-state index contributed by atoms with van der Waals surface area (Å²) in [7, 11) is 1.49. The highest BCUT2D eigenvalue weighted by Crippen LogP contribution is 2.28. The van der Waals surface area contributed by atoms with E-state index in [1.54, 1.807) is 18.2 Å². The Morgan fingerprint density at radius 1 is 1.35 bits per heavy atom. The van der Waals surface area contributed by atoms with Crippen molar-refractivity contribution in [2.45, 2.75) is 12.6 Å². The number of primary amides is 1. The Morgan fingerprint density at radius 3 is 2.83 bits per heavy atom. The summed E-state index contributed by atoms with van der Waals surface area (Å²) in [5, 5.41) is 2.78. The number of carbonyl (C=O) groups is 2. The lowest BCUT2D eigenvalue weighted by molar-refractivity contribution is -0.147. The molecule has 1 unspecified atom stereocenters. The van der Waals surface area contributed by atoms with Crippen molar-refractivity contribution in [3.05, 3.63) is 23.8 Å². The highest BCUT2D eigenvalue weighted by molar-refractivity contribution is 5.81. The topological polar surface area (TPSA) is 109 Å². The quantitative estimate of drug-likeness (QED) is 0.706.